The molecule has 0 aliphatic heterocycles. The lowest BCUT2D eigenvalue weighted by molar-refractivity contribution is 0.346. The Labute approximate surface area is 316 Å². The van der Waals surface area contributed by atoms with Crippen LogP contribution in [0.5, 0.6) is 0 Å². The van der Waals surface area contributed by atoms with Crippen molar-refractivity contribution in [2.75, 3.05) is 0 Å². The van der Waals surface area contributed by atoms with Gasteiger partial charge in [0.25, 0.3) is 0 Å². The summed E-state index contributed by atoms with van der Waals surface area (Å²) >= 11 is 0. The van der Waals surface area contributed by atoms with Crippen LogP contribution in [0.2, 0.25) is 0 Å². The van der Waals surface area contributed by atoms with Gasteiger partial charge in [-0.1, -0.05) is 105 Å². The van der Waals surface area contributed by atoms with E-state index in [4.69, 9.17) is 9.97 Å². The average Bonchev–Trinajstić information content (AvgIpc) is 3.26. The summed E-state index contributed by atoms with van der Waals surface area (Å²) in [5.74, 6) is 0. The summed E-state index contributed by atoms with van der Waals surface area (Å²) in [7, 11) is 0. The molecule has 7 aromatic rings. The first-order valence-electron chi connectivity index (χ1n) is 18.4. The van der Waals surface area contributed by atoms with E-state index >= 15 is 0 Å². The van der Waals surface area contributed by atoms with Crippen molar-refractivity contribution in [2.45, 2.75) is 37.5 Å². The summed E-state index contributed by atoms with van der Waals surface area (Å²) in [6.07, 6.45) is 14.6. The van der Waals surface area contributed by atoms with Gasteiger partial charge in [0.1, 0.15) is 0 Å². The second kappa shape index (κ2) is 15.5. The lowest BCUT2D eigenvalue weighted by Crippen LogP contribution is -2.30. The molecule has 0 spiro atoms. The van der Waals surface area contributed by atoms with E-state index in [-0.39, 0.29) is 5.41 Å². The molecule has 0 saturated heterocycles. The monoisotopic (exact) mass is 700 g/mol. The number of nitrogens with zero attached hydrogens (tertiary/aromatic N) is 6. The average molecular weight is 701 g/mol. The van der Waals surface area contributed by atoms with Crippen LogP contribution in [0.3, 0.4) is 0 Å². The molecule has 54 heavy (non-hydrogen) atoms. The molecule has 1 fully saturated rings. The van der Waals surface area contributed by atoms with Gasteiger partial charge in [0, 0.05) is 30.2 Å². The number of aliphatic imine (C=N–C) groups is 1. The van der Waals surface area contributed by atoms with Crippen LogP contribution in [-0.4, -0.2) is 31.1 Å². The minimum absolute atomic E-state index is 0.0675. The molecule has 5 aromatic heterocycles. The van der Waals surface area contributed by atoms with Gasteiger partial charge in [0.15, 0.2) is 0 Å². The highest BCUT2D eigenvalue weighted by molar-refractivity contribution is 5.81. The Morgan fingerprint density at radius 3 is 1.43 bits per heavy atom. The fraction of sp³-hybridized carbons (Fsp3) is 0.125. The summed E-state index contributed by atoms with van der Waals surface area (Å²) < 4.78 is 0. The van der Waals surface area contributed by atoms with Crippen LogP contribution in [0.4, 0.5) is 0 Å². The molecule has 0 N–H and O–H groups in total. The zero-order valence-electron chi connectivity index (χ0n) is 30.1. The smallest absolute Gasteiger partial charge is 0.0900 e. The quantitative estimate of drug-likeness (QED) is 0.133. The summed E-state index contributed by atoms with van der Waals surface area (Å²) in [6, 6.07) is 44.4. The molecule has 1 saturated carbocycles. The molecule has 6 heteroatoms. The maximum absolute atomic E-state index is 4.97. The molecule has 1 aliphatic carbocycles. The van der Waals surface area contributed by atoms with Gasteiger partial charge in [0.05, 0.1) is 45.6 Å². The number of hydrogen-bond acceptors (Lipinski definition) is 6. The number of aromatic nitrogens is 5. The number of rotatable bonds is 10. The highest BCUT2D eigenvalue weighted by Gasteiger charge is 2.35. The van der Waals surface area contributed by atoms with Gasteiger partial charge in [-0.15, -0.1) is 0 Å². The highest BCUT2D eigenvalue weighted by atomic mass is 14.8. The third-order valence-corrected chi connectivity index (χ3v) is 10.3. The van der Waals surface area contributed by atoms with Gasteiger partial charge in [-0.25, -0.2) is 9.97 Å². The third-order valence-electron chi connectivity index (χ3n) is 10.3. The first kappa shape index (κ1) is 34.4. The maximum Gasteiger partial charge on any atom is 0.0900 e. The Morgan fingerprint density at radius 2 is 0.981 bits per heavy atom. The third kappa shape index (κ3) is 7.19. The van der Waals surface area contributed by atoms with Crippen LogP contribution in [-0.2, 0) is 5.41 Å². The van der Waals surface area contributed by atoms with E-state index in [2.05, 4.69) is 106 Å². The lowest BCUT2D eigenvalue weighted by Gasteiger charge is -2.39. The normalized spacial score (nSPS) is 13.8. The van der Waals surface area contributed by atoms with Crippen LogP contribution in [0, 0.1) is 0 Å². The fourth-order valence-electron chi connectivity index (χ4n) is 7.55. The molecule has 0 bridgehead atoms. The predicted octanol–water partition coefficient (Wildman–Crippen LogP) is 11.5. The van der Waals surface area contributed by atoms with Crippen molar-refractivity contribution < 1.29 is 0 Å². The van der Waals surface area contributed by atoms with Crippen molar-refractivity contribution in [3.8, 4) is 56.4 Å². The molecule has 6 nitrogen and oxygen atoms in total. The van der Waals surface area contributed by atoms with Crippen LogP contribution in [0.15, 0.2) is 170 Å². The molecule has 0 radical (unpaired) electrons. The summed E-state index contributed by atoms with van der Waals surface area (Å²) in [6.45, 7) is 7.92. The molecule has 5 heterocycles. The molecule has 0 amide bonds. The summed E-state index contributed by atoms with van der Waals surface area (Å²) in [5, 5.41) is 0. The van der Waals surface area contributed by atoms with Gasteiger partial charge in [-0.05, 0) is 107 Å². The van der Waals surface area contributed by atoms with E-state index in [1.54, 1.807) is 30.9 Å². The zero-order valence-corrected chi connectivity index (χ0v) is 30.1. The van der Waals surface area contributed by atoms with Crippen molar-refractivity contribution in [2.24, 2.45) is 4.99 Å². The Balaban J connectivity index is 1.14. The maximum atomic E-state index is 4.97. The topological polar surface area (TPSA) is 76.8 Å². The van der Waals surface area contributed by atoms with E-state index < -0.39 is 0 Å². The molecule has 262 valence electrons. The Kier molecular flexibility index (Phi) is 9.90. The SMILES string of the molecule is C=CC=NC(=C)c1cc(-c2ccc(C3(c4ccc(-c5cc(-c6ccccn6)nc(-c6ccccn6)c5)cc4)CCCCC3)cc2)cc(-c2ccccn2)n1. The molecule has 0 atom stereocenters. The largest absolute Gasteiger partial charge is 0.255 e. The van der Waals surface area contributed by atoms with Gasteiger partial charge < -0.3 is 0 Å². The number of pyridine rings is 5. The Hall–Kier alpha value is -6.66. The minimum Gasteiger partial charge on any atom is -0.255 e. The second-order valence-corrected chi connectivity index (χ2v) is 13.7. The molecule has 0 unspecified atom stereocenters. The van der Waals surface area contributed by atoms with Crippen LogP contribution in [0.1, 0.15) is 48.9 Å². The van der Waals surface area contributed by atoms with Gasteiger partial charge in [-0.3, -0.25) is 19.9 Å². The number of hydrogen-bond donors (Lipinski definition) is 0. The first-order chi connectivity index (χ1) is 26.6. The first-order valence-corrected chi connectivity index (χ1v) is 18.4. The van der Waals surface area contributed by atoms with Gasteiger partial charge in [0.2, 0.25) is 0 Å². The summed E-state index contributed by atoms with van der Waals surface area (Å²) in [5.41, 5.74) is 13.1. The molecular formula is C48H40N6. The predicted molar refractivity (Wildman–Crippen MR) is 221 cm³/mol. The van der Waals surface area contributed by atoms with E-state index in [0.717, 1.165) is 69.3 Å². The molecule has 1 aliphatic rings. The second-order valence-electron chi connectivity index (χ2n) is 13.7. The van der Waals surface area contributed by atoms with Crippen LogP contribution in [0.25, 0.3) is 62.1 Å². The van der Waals surface area contributed by atoms with Crippen molar-refractivity contribution in [1.82, 2.24) is 24.9 Å². The van der Waals surface area contributed by atoms with Crippen molar-refractivity contribution in [3.05, 3.63) is 182 Å². The highest BCUT2D eigenvalue weighted by Crippen LogP contribution is 2.46. The standard InChI is InChI=1S/C48H40N6/c1-3-26-49-34(2)44-30-37(31-45(53-44)41-13-5-10-27-50-41)35-16-20-39(21-17-35)48(24-8-4-9-25-48)40-22-18-36(19-23-40)38-32-46(42-14-6-11-28-51-42)54-47(33-38)43-15-7-12-29-52-43/h3,5-7,10-23,26-33H,1-2,4,8-9,24-25H2. The Morgan fingerprint density at radius 1 is 0.519 bits per heavy atom. The lowest BCUT2D eigenvalue weighted by atomic mass is 9.65. The van der Waals surface area contributed by atoms with E-state index in [1.165, 1.54) is 30.4 Å². The van der Waals surface area contributed by atoms with E-state index in [9.17, 15) is 0 Å². The minimum atomic E-state index is -0.0675. The van der Waals surface area contributed by atoms with E-state index in [0.29, 0.717) is 11.4 Å². The van der Waals surface area contributed by atoms with Crippen molar-refractivity contribution >= 4 is 11.9 Å². The zero-order chi connectivity index (χ0) is 36.7. The van der Waals surface area contributed by atoms with Crippen molar-refractivity contribution in [1.29, 1.82) is 0 Å². The van der Waals surface area contributed by atoms with Crippen molar-refractivity contribution in [3.63, 3.8) is 0 Å². The van der Waals surface area contributed by atoms with Gasteiger partial charge in [-0.2, -0.15) is 0 Å². The Bertz CT molecular complexity index is 2360. The van der Waals surface area contributed by atoms with Crippen LogP contribution >= 0.6 is 0 Å². The van der Waals surface area contributed by atoms with Crippen LogP contribution < -0.4 is 0 Å². The van der Waals surface area contributed by atoms with Gasteiger partial charge >= 0.3 is 0 Å². The molecular weight excluding hydrogens is 661 g/mol. The van der Waals surface area contributed by atoms with E-state index in [1.807, 2.05) is 54.6 Å². The number of benzene rings is 2. The summed E-state index contributed by atoms with van der Waals surface area (Å²) in [4.78, 5) is 28.0. The molecule has 8 rings (SSSR count). The number of allylic oxidation sites excluding steroid dienone is 1. The molecule has 2 aromatic carbocycles. The fourth-order valence-corrected chi connectivity index (χ4v) is 7.55.